The minimum atomic E-state index is -3.72. The van der Waals surface area contributed by atoms with E-state index < -0.39 is 16.1 Å². The summed E-state index contributed by atoms with van der Waals surface area (Å²) < 4.78 is 33.1. The topological polar surface area (TPSA) is 84.5 Å². The zero-order valence-corrected chi connectivity index (χ0v) is 14.2. The molecule has 1 heterocycles. The molecule has 7 heteroatoms. The fourth-order valence-electron chi connectivity index (χ4n) is 2.49. The van der Waals surface area contributed by atoms with Crippen LogP contribution < -0.4 is 14.8 Å². The number of aryl methyl sites for hydroxylation is 2. The van der Waals surface area contributed by atoms with Crippen LogP contribution in [0.15, 0.2) is 47.4 Å². The maximum atomic E-state index is 12.5. The van der Waals surface area contributed by atoms with E-state index >= 15 is 0 Å². The summed E-state index contributed by atoms with van der Waals surface area (Å²) in [4.78, 5) is 12.3. The summed E-state index contributed by atoms with van der Waals surface area (Å²) in [5, 5.41) is 2.71. The maximum absolute atomic E-state index is 12.5. The van der Waals surface area contributed by atoms with Gasteiger partial charge >= 0.3 is 0 Å². The molecule has 0 spiro atoms. The lowest BCUT2D eigenvalue weighted by Crippen LogP contribution is -2.45. The number of hydrogen-bond donors (Lipinski definition) is 2. The lowest BCUT2D eigenvalue weighted by molar-refractivity contribution is -0.123. The Kier molecular flexibility index (Phi) is 4.29. The number of benzene rings is 2. The summed E-state index contributed by atoms with van der Waals surface area (Å²) in [6.45, 7) is 3.41. The van der Waals surface area contributed by atoms with Gasteiger partial charge in [0.1, 0.15) is 5.75 Å². The predicted octanol–water partition coefficient (Wildman–Crippen LogP) is 1.98. The van der Waals surface area contributed by atoms with Gasteiger partial charge in [0.2, 0.25) is 10.0 Å². The van der Waals surface area contributed by atoms with Crippen molar-refractivity contribution in [2.45, 2.75) is 24.8 Å². The fourth-order valence-corrected chi connectivity index (χ4v) is 3.85. The first-order valence-electron chi connectivity index (χ1n) is 7.50. The van der Waals surface area contributed by atoms with E-state index in [1.54, 1.807) is 43.3 Å². The maximum Gasteiger partial charge on any atom is 0.266 e. The first-order chi connectivity index (χ1) is 11.4. The summed E-state index contributed by atoms with van der Waals surface area (Å²) >= 11 is 0. The monoisotopic (exact) mass is 346 g/mol. The zero-order valence-electron chi connectivity index (χ0n) is 13.4. The molecule has 0 bridgehead atoms. The normalized spacial score (nSPS) is 16.9. The molecule has 1 aliphatic rings. The van der Waals surface area contributed by atoms with Crippen molar-refractivity contribution in [1.29, 1.82) is 0 Å². The van der Waals surface area contributed by atoms with Gasteiger partial charge in [-0.1, -0.05) is 24.3 Å². The number of anilines is 1. The molecule has 0 aromatic heterocycles. The van der Waals surface area contributed by atoms with Crippen LogP contribution in [0.1, 0.15) is 11.1 Å². The Morgan fingerprint density at radius 3 is 2.71 bits per heavy atom. The highest BCUT2D eigenvalue weighted by atomic mass is 32.2. The molecule has 1 amide bonds. The lowest BCUT2D eigenvalue weighted by Gasteiger charge is -2.25. The van der Waals surface area contributed by atoms with Crippen LogP contribution >= 0.6 is 0 Å². The number of para-hydroxylation sites is 2. The van der Waals surface area contributed by atoms with Gasteiger partial charge in [-0.25, -0.2) is 13.1 Å². The van der Waals surface area contributed by atoms with Crippen LogP contribution in [0.25, 0.3) is 0 Å². The number of sulfonamides is 1. The molecule has 0 aliphatic carbocycles. The number of carbonyl (C=O) groups is 1. The highest BCUT2D eigenvalue weighted by Gasteiger charge is 2.29. The van der Waals surface area contributed by atoms with Crippen LogP contribution in [-0.2, 0) is 14.8 Å². The third-order valence-electron chi connectivity index (χ3n) is 3.80. The Hall–Kier alpha value is -2.38. The molecular formula is C17H18N2O4S. The highest BCUT2D eigenvalue weighted by molar-refractivity contribution is 7.89. The van der Waals surface area contributed by atoms with Gasteiger partial charge in [0.05, 0.1) is 17.1 Å². The molecule has 126 valence electrons. The van der Waals surface area contributed by atoms with Gasteiger partial charge in [0, 0.05) is 0 Å². The number of hydrogen-bond acceptors (Lipinski definition) is 4. The largest absolute Gasteiger partial charge is 0.477 e. The Labute approximate surface area is 140 Å². The lowest BCUT2D eigenvalue weighted by atomic mass is 10.2. The number of nitrogens with one attached hydrogen (secondary N) is 2. The number of ether oxygens (including phenoxy) is 1. The molecule has 1 unspecified atom stereocenters. The fraction of sp³-hybridized carbons (Fsp3) is 0.235. The Morgan fingerprint density at radius 1 is 1.17 bits per heavy atom. The van der Waals surface area contributed by atoms with Crippen molar-refractivity contribution in [3.05, 3.63) is 53.6 Å². The van der Waals surface area contributed by atoms with Crippen molar-refractivity contribution in [2.75, 3.05) is 11.9 Å². The second kappa shape index (κ2) is 6.26. The van der Waals surface area contributed by atoms with Crippen molar-refractivity contribution in [2.24, 2.45) is 0 Å². The average Bonchev–Trinajstić information content (AvgIpc) is 2.55. The Balaban J connectivity index is 1.76. The molecule has 0 radical (unpaired) electrons. The van der Waals surface area contributed by atoms with Crippen LogP contribution in [0.4, 0.5) is 5.69 Å². The SMILES string of the molecule is Cc1ccc(C)c(S(=O)(=O)NCC2Oc3ccccc3NC2=O)c1. The molecule has 2 N–H and O–H groups in total. The summed E-state index contributed by atoms with van der Waals surface area (Å²) in [7, 11) is -3.72. The zero-order chi connectivity index (χ0) is 17.3. The van der Waals surface area contributed by atoms with E-state index in [0.29, 0.717) is 17.0 Å². The van der Waals surface area contributed by atoms with Crippen LogP contribution in [0.3, 0.4) is 0 Å². The van der Waals surface area contributed by atoms with E-state index in [1.807, 2.05) is 13.0 Å². The third-order valence-corrected chi connectivity index (χ3v) is 5.36. The van der Waals surface area contributed by atoms with Crippen molar-refractivity contribution in [3.8, 4) is 5.75 Å². The second-order valence-electron chi connectivity index (χ2n) is 5.71. The number of rotatable bonds is 4. The quantitative estimate of drug-likeness (QED) is 0.887. The van der Waals surface area contributed by atoms with E-state index in [2.05, 4.69) is 10.0 Å². The number of carbonyl (C=O) groups excluding carboxylic acids is 1. The van der Waals surface area contributed by atoms with Crippen LogP contribution in [-0.4, -0.2) is 27.0 Å². The van der Waals surface area contributed by atoms with Crippen molar-refractivity contribution in [1.82, 2.24) is 4.72 Å². The van der Waals surface area contributed by atoms with Gasteiger partial charge in [0.15, 0.2) is 6.10 Å². The first-order valence-corrected chi connectivity index (χ1v) is 8.98. The molecule has 0 saturated heterocycles. The van der Waals surface area contributed by atoms with Crippen molar-refractivity contribution in [3.63, 3.8) is 0 Å². The number of fused-ring (bicyclic) bond motifs is 1. The first kappa shape index (κ1) is 16.5. The minimum absolute atomic E-state index is 0.143. The van der Waals surface area contributed by atoms with E-state index in [0.717, 1.165) is 5.56 Å². The Morgan fingerprint density at radius 2 is 1.92 bits per heavy atom. The molecule has 2 aromatic rings. The molecule has 3 rings (SSSR count). The molecule has 1 atom stereocenters. The highest BCUT2D eigenvalue weighted by Crippen LogP contribution is 2.28. The third kappa shape index (κ3) is 3.27. The summed E-state index contributed by atoms with van der Waals surface area (Å²) in [5.41, 5.74) is 2.07. The molecule has 2 aromatic carbocycles. The molecule has 0 fully saturated rings. The summed E-state index contributed by atoms with van der Waals surface area (Å²) in [6.07, 6.45) is -0.917. The molecular weight excluding hydrogens is 328 g/mol. The van der Waals surface area contributed by atoms with Gasteiger partial charge in [-0.15, -0.1) is 0 Å². The molecule has 1 aliphatic heterocycles. The second-order valence-corrected chi connectivity index (χ2v) is 7.45. The smallest absolute Gasteiger partial charge is 0.266 e. The van der Waals surface area contributed by atoms with Gasteiger partial charge in [-0.05, 0) is 43.2 Å². The van der Waals surface area contributed by atoms with E-state index in [9.17, 15) is 13.2 Å². The van der Waals surface area contributed by atoms with Gasteiger partial charge in [-0.2, -0.15) is 0 Å². The number of amides is 1. The molecule has 24 heavy (non-hydrogen) atoms. The average molecular weight is 346 g/mol. The standard InChI is InChI=1S/C17H18N2O4S/c1-11-7-8-12(2)16(9-11)24(21,22)18-10-15-17(20)19-13-5-3-4-6-14(13)23-15/h3-9,15,18H,10H2,1-2H3,(H,19,20). The van der Waals surface area contributed by atoms with Crippen LogP contribution in [0, 0.1) is 13.8 Å². The minimum Gasteiger partial charge on any atom is -0.477 e. The van der Waals surface area contributed by atoms with Gasteiger partial charge in [0.25, 0.3) is 5.91 Å². The van der Waals surface area contributed by atoms with Crippen LogP contribution in [0.5, 0.6) is 5.75 Å². The molecule has 6 nitrogen and oxygen atoms in total. The van der Waals surface area contributed by atoms with Crippen LogP contribution in [0.2, 0.25) is 0 Å². The van der Waals surface area contributed by atoms with Crippen molar-refractivity contribution < 1.29 is 17.9 Å². The van der Waals surface area contributed by atoms with Gasteiger partial charge < -0.3 is 10.1 Å². The molecule has 0 saturated carbocycles. The van der Waals surface area contributed by atoms with E-state index in [1.165, 1.54) is 0 Å². The van der Waals surface area contributed by atoms with Gasteiger partial charge in [-0.3, -0.25) is 4.79 Å². The van der Waals surface area contributed by atoms with E-state index in [4.69, 9.17) is 4.74 Å². The summed E-state index contributed by atoms with van der Waals surface area (Å²) in [5.74, 6) is 0.144. The van der Waals surface area contributed by atoms with Crippen molar-refractivity contribution >= 4 is 21.6 Å². The summed E-state index contributed by atoms with van der Waals surface area (Å²) in [6, 6.07) is 12.2. The predicted molar refractivity (Wildman–Crippen MR) is 90.6 cm³/mol. The Bertz CT molecular complexity index is 893. The van der Waals surface area contributed by atoms with E-state index in [-0.39, 0.29) is 17.3 Å².